The Morgan fingerprint density at radius 3 is 2.52 bits per heavy atom. The summed E-state index contributed by atoms with van der Waals surface area (Å²) in [6.07, 6.45) is 1.86. The fourth-order valence-electron chi connectivity index (χ4n) is 4.30. The van der Waals surface area contributed by atoms with Crippen molar-refractivity contribution in [2.75, 3.05) is 47.3 Å². The molecule has 2 aromatic rings. The molecule has 0 radical (unpaired) electrons. The Balaban J connectivity index is 0.00000306. The molecule has 2 heterocycles. The molecule has 0 amide bonds. The summed E-state index contributed by atoms with van der Waals surface area (Å²) in [6.45, 7) is 6.12. The number of hydrogen-bond acceptors (Lipinski definition) is 5. The van der Waals surface area contributed by atoms with Gasteiger partial charge in [-0.25, -0.2) is 0 Å². The Bertz CT molecular complexity index is 930. The summed E-state index contributed by atoms with van der Waals surface area (Å²) in [5, 5.41) is 3.45. The number of hydrogen-bond donors (Lipinski definition) is 1. The number of nitrogens with zero attached hydrogens (tertiary/aromatic N) is 2. The van der Waals surface area contributed by atoms with Crippen molar-refractivity contribution in [1.82, 2.24) is 10.2 Å². The van der Waals surface area contributed by atoms with Gasteiger partial charge in [-0.15, -0.1) is 24.0 Å². The summed E-state index contributed by atoms with van der Waals surface area (Å²) in [7, 11) is 3.76. The van der Waals surface area contributed by atoms with E-state index >= 15 is 0 Å². The van der Waals surface area contributed by atoms with Gasteiger partial charge in [-0.05, 0) is 55.2 Å². The Kier molecular flexibility index (Phi) is 9.08. The molecule has 8 heteroatoms. The zero-order chi connectivity index (χ0) is 22.4. The van der Waals surface area contributed by atoms with E-state index in [0.717, 1.165) is 62.4 Å². The summed E-state index contributed by atoms with van der Waals surface area (Å²) in [6, 6.07) is 14.4. The van der Waals surface area contributed by atoms with Crippen molar-refractivity contribution in [3.8, 4) is 17.2 Å². The number of guanidine groups is 1. The number of fused-ring (bicyclic) bond motifs is 1. The van der Waals surface area contributed by atoms with E-state index in [1.165, 1.54) is 11.1 Å². The normalized spacial score (nSPS) is 16.6. The van der Waals surface area contributed by atoms with Gasteiger partial charge in [0.2, 0.25) is 6.79 Å². The molecule has 0 unspecified atom stereocenters. The summed E-state index contributed by atoms with van der Waals surface area (Å²) < 4.78 is 22.1. The van der Waals surface area contributed by atoms with Crippen LogP contribution in [0.5, 0.6) is 17.2 Å². The standard InChI is InChI=1S/C25H33N3O4.HI/c1-4-26-24(28(2)16-19-5-8-21(29-3)9-6-19)27-17-25(11-13-30-14-12-25)20-7-10-22-23(15-20)32-18-31-22;/h5-10,15H,4,11-14,16-18H2,1-3H3,(H,26,27);1H. The van der Waals surface area contributed by atoms with Gasteiger partial charge in [0.05, 0.1) is 13.7 Å². The predicted molar refractivity (Wildman–Crippen MR) is 140 cm³/mol. The van der Waals surface area contributed by atoms with Gasteiger partial charge in [-0.1, -0.05) is 18.2 Å². The van der Waals surface area contributed by atoms with Crippen molar-refractivity contribution in [3.63, 3.8) is 0 Å². The van der Waals surface area contributed by atoms with E-state index in [9.17, 15) is 0 Å². The minimum atomic E-state index is -0.0825. The molecule has 0 atom stereocenters. The first-order valence-electron chi connectivity index (χ1n) is 11.2. The zero-order valence-electron chi connectivity index (χ0n) is 19.6. The third kappa shape index (κ3) is 6.03. The van der Waals surface area contributed by atoms with Crippen molar-refractivity contribution >= 4 is 29.9 Å². The van der Waals surface area contributed by atoms with Crippen LogP contribution in [-0.4, -0.2) is 58.1 Å². The number of ether oxygens (including phenoxy) is 4. The minimum absolute atomic E-state index is 0. The first-order valence-corrected chi connectivity index (χ1v) is 11.2. The van der Waals surface area contributed by atoms with Crippen LogP contribution in [0, 0.1) is 0 Å². The van der Waals surface area contributed by atoms with E-state index in [-0.39, 0.29) is 36.2 Å². The molecule has 180 valence electrons. The minimum Gasteiger partial charge on any atom is -0.497 e. The fourth-order valence-corrected chi connectivity index (χ4v) is 4.30. The fraction of sp³-hybridized carbons (Fsp3) is 0.480. The predicted octanol–water partition coefficient (Wildman–Crippen LogP) is 4.19. The van der Waals surface area contributed by atoms with Crippen LogP contribution in [0.15, 0.2) is 47.5 Å². The maximum Gasteiger partial charge on any atom is 0.231 e. The van der Waals surface area contributed by atoms with Gasteiger partial charge in [0.25, 0.3) is 0 Å². The van der Waals surface area contributed by atoms with Crippen molar-refractivity contribution in [1.29, 1.82) is 0 Å². The Labute approximate surface area is 213 Å². The molecule has 2 aliphatic rings. The molecular formula is C25H34IN3O4. The number of benzene rings is 2. The average molecular weight is 567 g/mol. The smallest absolute Gasteiger partial charge is 0.231 e. The highest BCUT2D eigenvalue weighted by molar-refractivity contribution is 14.0. The maximum absolute atomic E-state index is 5.70. The lowest BCUT2D eigenvalue weighted by atomic mass is 9.74. The second kappa shape index (κ2) is 11.8. The van der Waals surface area contributed by atoms with Gasteiger partial charge >= 0.3 is 0 Å². The quantitative estimate of drug-likeness (QED) is 0.308. The second-order valence-electron chi connectivity index (χ2n) is 8.34. The Morgan fingerprint density at radius 1 is 1.09 bits per heavy atom. The summed E-state index contributed by atoms with van der Waals surface area (Å²) >= 11 is 0. The summed E-state index contributed by atoms with van der Waals surface area (Å²) in [5.74, 6) is 3.39. The van der Waals surface area contributed by atoms with Crippen LogP contribution in [-0.2, 0) is 16.7 Å². The van der Waals surface area contributed by atoms with Gasteiger partial charge < -0.3 is 29.2 Å². The highest BCUT2D eigenvalue weighted by Gasteiger charge is 2.36. The molecule has 0 aromatic heterocycles. The van der Waals surface area contributed by atoms with E-state index in [1.807, 2.05) is 18.2 Å². The Morgan fingerprint density at radius 2 is 1.82 bits per heavy atom. The first kappa shape index (κ1) is 25.4. The van der Waals surface area contributed by atoms with Crippen molar-refractivity contribution in [2.24, 2.45) is 4.99 Å². The maximum atomic E-state index is 5.70. The van der Waals surface area contributed by atoms with Crippen LogP contribution in [0.2, 0.25) is 0 Å². The number of rotatable bonds is 7. The molecule has 1 fully saturated rings. The van der Waals surface area contributed by atoms with Gasteiger partial charge in [0.15, 0.2) is 17.5 Å². The molecule has 2 aliphatic heterocycles. The SMILES string of the molecule is CCNC(=NCC1(c2ccc3c(c2)OCO3)CCOCC1)N(C)Cc1ccc(OC)cc1.I. The van der Waals surface area contributed by atoms with E-state index in [4.69, 9.17) is 23.9 Å². The summed E-state index contributed by atoms with van der Waals surface area (Å²) in [4.78, 5) is 7.25. The van der Waals surface area contributed by atoms with E-state index in [1.54, 1.807) is 7.11 Å². The second-order valence-corrected chi connectivity index (χ2v) is 8.34. The van der Waals surface area contributed by atoms with Gasteiger partial charge in [-0.2, -0.15) is 0 Å². The van der Waals surface area contributed by atoms with Crippen LogP contribution < -0.4 is 19.5 Å². The topological polar surface area (TPSA) is 64.6 Å². The van der Waals surface area contributed by atoms with Crippen LogP contribution in [0.3, 0.4) is 0 Å². The molecule has 1 saturated heterocycles. The molecule has 33 heavy (non-hydrogen) atoms. The van der Waals surface area contributed by atoms with Gasteiger partial charge in [0.1, 0.15) is 5.75 Å². The van der Waals surface area contributed by atoms with E-state index in [2.05, 4.69) is 48.5 Å². The lowest BCUT2D eigenvalue weighted by Gasteiger charge is -2.37. The molecule has 4 rings (SSSR count). The summed E-state index contributed by atoms with van der Waals surface area (Å²) in [5.41, 5.74) is 2.36. The highest BCUT2D eigenvalue weighted by atomic mass is 127. The first-order chi connectivity index (χ1) is 15.6. The van der Waals surface area contributed by atoms with Crippen molar-refractivity contribution < 1.29 is 18.9 Å². The number of halogens is 1. The third-order valence-corrected chi connectivity index (χ3v) is 6.24. The lowest BCUT2D eigenvalue weighted by molar-refractivity contribution is 0.0529. The molecule has 1 N–H and O–H groups in total. The molecule has 0 spiro atoms. The monoisotopic (exact) mass is 567 g/mol. The van der Waals surface area contributed by atoms with E-state index in [0.29, 0.717) is 6.54 Å². The molecule has 0 bridgehead atoms. The third-order valence-electron chi connectivity index (χ3n) is 6.24. The molecular weight excluding hydrogens is 533 g/mol. The largest absolute Gasteiger partial charge is 0.497 e. The lowest BCUT2D eigenvalue weighted by Crippen LogP contribution is -2.41. The number of methoxy groups -OCH3 is 1. The van der Waals surface area contributed by atoms with E-state index < -0.39 is 0 Å². The van der Waals surface area contributed by atoms with Crippen molar-refractivity contribution in [3.05, 3.63) is 53.6 Å². The number of nitrogens with one attached hydrogen (secondary N) is 1. The zero-order valence-corrected chi connectivity index (χ0v) is 22.0. The molecule has 0 saturated carbocycles. The highest BCUT2D eigenvalue weighted by Crippen LogP contribution is 2.41. The van der Waals surface area contributed by atoms with Crippen LogP contribution in [0.4, 0.5) is 0 Å². The van der Waals surface area contributed by atoms with Crippen LogP contribution >= 0.6 is 24.0 Å². The van der Waals surface area contributed by atoms with Gasteiger partial charge in [-0.3, -0.25) is 4.99 Å². The van der Waals surface area contributed by atoms with Crippen molar-refractivity contribution in [2.45, 2.75) is 31.7 Å². The number of aliphatic imine (C=N–C) groups is 1. The molecule has 7 nitrogen and oxygen atoms in total. The molecule has 0 aliphatic carbocycles. The average Bonchev–Trinajstić information content (AvgIpc) is 3.31. The van der Waals surface area contributed by atoms with Crippen LogP contribution in [0.1, 0.15) is 30.9 Å². The molecule has 2 aromatic carbocycles. The van der Waals surface area contributed by atoms with Crippen LogP contribution in [0.25, 0.3) is 0 Å². The Hall–Kier alpha value is -2.20. The van der Waals surface area contributed by atoms with Gasteiger partial charge in [0, 0.05) is 38.8 Å².